The van der Waals surface area contributed by atoms with Gasteiger partial charge in [-0.3, -0.25) is 0 Å². The lowest BCUT2D eigenvalue weighted by Crippen LogP contribution is -1.95. The molecule has 0 atom stereocenters. The molecular formula is C45H31NO. The van der Waals surface area contributed by atoms with E-state index < -0.39 is 0 Å². The standard InChI is InChI=1S/C45H31NO/c1-29-12-10-19-37-34(29)23-24-39-35(18-11-20-38(37)39)32-22-25-43-40(26-32)45-36(17-8-9-21-44(45)47-43)33-27-41(30-13-4-2-5-14-30)46-42(28-33)31-15-6-3-7-16-31/h2-7,9-28H,8H2,1H3. The fraction of sp³-hybridized carbons (Fsp3) is 0.0444. The van der Waals surface area contributed by atoms with Crippen molar-refractivity contribution in [3.05, 3.63) is 174 Å². The first-order chi connectivity index (χ1) is 23.2. The molecule has 0 spiro atoms. The number of rotatable bonds is 4. The lowest BCUT2D eigenvalue weighted by molar-refractivity contribution is 0.603. The first-order valence-corrected chi connectivity index (χ1v) is 16.2. The quantitative estimate of drug-likeness (QED) is 0.188. The highest BCUT2D eigenvalue weighted by molar-refractivity contribution is 6.13. The van der Waals surface area contributed by atoms with Gasteiger partial charge in [-0.25, -0.2) is 4.98 Å². The molecule has 0 N–H and O–H groups in total. The van der Waals surface area contributed by atoms with Crippen LogP contribution in [0.4, 0.5) is 0 Å². The van der Waals surface area contributed by atoms with Crippen LogP contribution >= 0.6 is 0 Å². The van der Waals surface area contributed by atoms with Gasteiger partial charge in [-0.15, -0.1) is 0 Å². The predicted molar refractivity (Wildman–Crippen MR) is 197 cm³/mol. The van der Waals surface area contributed by atoms with E-state index in [1.807, 2.05) is 12.1 Å². The zero-order valence-electron chi connectivity index (χ0n) is 26.1. The summed E-state index contributed by atoms with van der Waals surface area (Å²) >= 11 is 0. The van der Waals surface area contributed by atoms with E-state index in [9.17, 15) is 0 Å². The van der Waals surface area contributed by atoms with Crippen LogP contribution < -0.4 is 0 Å². The lowest BCUT2D eigenvalue weighted by atomic mass is 9.90. The summed E-state index contributed by atoms with van der Waals surface area (Å²) < 4.78 is 6.56. The van der Waals surface area contributed by atoms with Gasteiger partial charge in [0.1, 0.15) is 11.3 Å². The van der Waals surface area contributed by atoms with Gasteiger partial charge in [-0.05, 0) is 93.1 Å². The molecule has 2 heterocycles. The molecular weight excluding hydrogens is 571 g/mol. The molecule has 2 heteroatoms. The lowest BCUT2D eigenvalue weighted by Gasteiger charge is -2.14. The second kappa shape index (κ2) is 11.1. The van der Waals surface area contributed by atoms with Crippen molar-refractivity contribution in [1.82, 2.24) is 4.98 Å². The van der Waals surface area contributed by atoms with Crippen molar-refractivity contribution in [3.63, 3.8) is 0 Å². The number of hydrogen-bond donors (Lipinski definition) is 0. The maximum Gasteiger partial charge on any atom is 0.135 e. The predicted octanol–water partition coefficient (Wildman–Crippen LogP) is 12.3. The van der Waals surface area contributed by atoms with Crippen molar-refractivity contribution in [2.75, 3.05) is 0 Å². The van der Waals surface area contributed by atoms with Crippen molar-refractivity contribution in [2.45, 2.75) is 13.3 Å². The molecule has 0 unspecified atom stereocenters. The van der Waals surface area contributed by atoms with Crippen molar-refractivity contribution in [3.8, 4) is 33.6 Å². The Morgan fingerprint density at radius 1 is 0.532 bits per heavy atom. The van der Waals surface area contributed by atoms with Gasteiger partial charge in [-0.1, -0.05) is 127 Å². The molecule has 8 aromatic rings. The maximum atomic E-state index is 6.56. The molecule has 1 aliphatic carbocycles. The monoisotopic (exact) mass is 601 g/mol. The van der Waals surface area contributed by atoms with Crippen LogP contribution in [0.5, 0.6) is 0 Å². The minimum atomic E-state index is 0.820. The van der Waals surface area contributed by atoms with Crippen LogP contribution in [0.3, 0.4) is 0 Å². The Morgan fingerprint density at radius 3 is 1.96 bits per heavy atom. The SMILES string of the molecule is Cc1cccc2c1ccc1c(-c3ccc4oc5c(c4c3)C(c3cc(-c4ccccc4)nc(-c4ccccc4)c3)=CCC=C5)cccc12. The second-order valence-electron chi connectivity index (χ2n) is 12.3. The van der Waals surface area contributed by atoms with Crippen LogP contribution in [0.1, 0.15) is 28.9 Å². The maximum absolute atomic E-state index is 6.56. The van der Waals surface area contributed by atoms with Crippen molar-refractivity contribution >= 4 is 44.2 Å². The minimum Gasteiger partial charge on any atom is -0.456 e. The highest BCUT2D eigenvalue weighted by Crippen LogP contribution is 2.42. The van der Waals surface area contributed by atoms with E-state index in [4.69, 9.17) is 9.40 Å². The molecule has 1 aliphatic rings. The first kappa shape index (κ1) is 27.3. The fourth-order valence-corrected chi connectivity index (χ4v) is 7.14. The number of furan rings is 1. The summed E-state index contributed by atoms with van der Waals surface area (Å²) in [5.74, 6) is 0.889. The summed E-state index contributed by atoms with van der Waals surface area (Å²) in [5, 5.41) is 6.24. The fourth-order valence-electron chi connectivity index (χ4n) is 7.14. The topological polar surface area (TPSA) is 26.0 Å². The van der Waals surface area contributed by atoms with Crippen LogP contribution in [-0.2, 0) is 0 Å². The molecule has 0 bridgehead atoms. The van der Waals surface area contributed by atoms with Crippen LogP contribution in [-0.4, -0.2) is 4.98 Å². The molecule has 6 aromatic carbocycles. The van der Waals surface area contributed by atoms with Gasteiger partial charge in [0.25, 0.3) is 0 Å². The van der Waals surface area contributed by atoms with Gasteiger partial charge >= 0.3 is 0 Å². The molecule has 0 fully saturated rings. The Kier molecular flexibility index (Phi) is 6.46. The molecule has 2 aromatic heterocycles. The number of hydrogen-bond acceptors (Lipinski definition) is 2. The summed E-state index contributed by atoms with van der Waals surface area (Å²) in [6.45, 7) is 2.19. The molecule has 0 amide bonds. The number of pyridine rings is 1. The number of aromatic nitrogens is 1. The number of fused-ring (bicyclic) bond motifs is 6. The van der Waals surface area contributed by atoms with Gasteiger partial charge in [0.2, 0.25) is 0 Å². The second-order valence-corrected chi connectivity index (χ2v) is 12.3. The molecule has 2 nitrogen and oxygen atoms in total. The Morgan fingerprint density at radius 2 is 1.21 bits per heavy atom. The number of benzene rings is 6. The van der Waals surface area contributed by atoms with Crippen LogP contribution in [0.25, 0.3) is 77.8 Å². The third-order valence-corrected chi connectivity index (χ3v) is 9.44. The third kappa shape index (κ3) is 4.69. The summed E-state index contributed by atoms with van der Waals surface area (Å²) in [4.78, 5) is 5.14. The zero-order valence-corrected chi connectivity index (χ0v) is 26.1. The van der Waals surface area contributed by atoms with Crippen molar-refractivity contribution < 1.29 is 4.42 Å². The van der Waals surface area contributed by atoms with Gasteiger partial charge in [0, 0.05) is 22.1 Å². The van der Waals surface area contributed by atoms with E-state index in [0.29, 0.717) is 0 Å². The molecule has 222 valence electrons. The van der Waals surface area contributed by atoms with E-state index in [1.165, 1.54) is 38.2 Å². The molecule has 9 rings (SSSR count). The zero-order chi connectivity index (χ0) is 31.3. The molecule has 0 aliphatic heterocycles. The third-order valence-electron chi connectivity index (χ3n) is 9.44. The number of aryl methyl sites for hydroxylation is 1. The molecule has 0 saturated carbocycles. The van der Waals surface area contributed by atoms with Gasteiger partial charge in [0.05, 0.1) is 11.4 Å². The van der Waals surface area contributed by atoms with E-state index in [2.05, 4.69) is 153 Å². The largest absolute Gasteiger partial charge is 0.456 e. The highest BCUT2D eigenvalue weighted by Gasteiger charge is 2.22. The first-order valence-electron chi connectivity index (χ1n) is 16.2. The van der Waals surface area contributed by atoms with Gasteiger partial charge in [0.15, 0.2) is 0 Å². The summed E-state index contributed by atoms with van der Waals surface area (Å²) in [5.41, 5.74) is 12.1. The van der Waals surface area contributed by atoms with Gasteiger partial charge < -0.3 is 4.42 Å². The Labute approximate surface area is 274 Å². The normalized spacial score (nSPS) is 12.7. The molecule has 0 saturated heterocycles. The summed E-state index contributed by atoms with van der Waals surface area (Å²) in [7, 11) is 0. The van der Waals surface area contributed by atoms with Crippen LogP contribution in [0.2, 0.25) is 0 Å². The Balaban J connectivity index is 1.25. The van der Waals surface area contributed by atoms with Crippen molar-refractivity contribution in [1.29, 1.82) is 0 Å². The van der Waals surface area contributed by atoms with Crippen molar-refractivity contribution in [2.24, 2.45) is 0 Å². The number of nitrogens with zero attached hydrogens (tertiary/aromatic N) is 1. The average Bonchev–Trinajstić information content (AvgIpc) is 3.35. The number of allylic oxidation sites excluding steroid dienone is 2. The summed E-state index contributed by atoms with van der Waals surface area (Å²) in [6.07, 6.45) is 7.46. The van der Waals surface area contributed by atoms with E-state index >= 15 is 0 Å². The highest BCUT2D eigenvalue weighted by atomic mass is 16.3. The van der Waals surface area contributed by atoms with Crippen LogP contribution in [0.15, 0.2) is 156 Å². The smallest absolute Gasteiger partial charge is 0.135 e. The molecule has 0 radical (unpaired) electrons. The van der Waals surface area contributed by atoms with E-state index in [0.717, 1.165) is 62.4 Å². The van der Waals surface area contributed by atoms with Crippen LogP contribution in [0, 0.1) is 6.92 Å². The van der Waals surface area contributed by atoms with E-state index in [1.54, 1.807) is 0 Å². The molecule has 47 heavy (non-hydrogen) atoms. The van der Waals surface area contributed by atoms with Gasteiger partial charge in [-0.2, -0.15) is 0 Å². The van der Waals surface area contributed by atoms with E-state index in [-0.39, 0.29) is 0 Å². The summed E-state index contributed by atoms with van der Waals surface area (Å²) in [6, 6.07) is 49.8. The Bertz CT molecular complexity index is 2480. The minimum absolute atomic E-state index is 0.820. The Hall–Kier alpha value is -5.99. The average molecular weight is 602 g/mol.